The van der Waals surface area contributed by atoms with Crippen LogP contribution in [0.25, 0.3) is 0 Å². The van der Waals surface area contributed by atoms with Crippen LogP contribution < -0.4 is 10.2 Å². The molecule has 1 N–H and O–H groups in total. The molecule has 24 heavy (non-hydrogen) atoms. The number of nitrogens with one attached hydrogen (secondary N) is 1. The predicted molar refractivity (Wildman–Crippen MR) is 79.4 cm³/mol. The fourth-order valence-corrected chi connectivity index (χ4v) is 2.49. The largest absolute Gasteiger partial charge is 0.451 e. The molecule has 1 amide bonds. The van der Waals surface area contributed by atoms with Gasteiger partial charge in [-0.05, 0) is 18.6 Å². The number of hydrogen-bond acceptors (Lipinski definition) is 5. The first-order valence-corrected chi connectivity index (χ1v) is 7.29. The van der Waals surface area contributed by atoms with Gasteiger partial charge in [0, 0.05) is 37.7 Å². The van der Waals surface area contributed by atoms with Gasteiger partial charge >= 0.3 is 6.18 Å². The zero-order valence-electron chi connectivity index (χ0n) is 12.5. The minimum atomic E-state index is -4.62. The lowest BCUT2D eigenvalue weighted by Crippen LogP contribution is -2.37. The SMILES string of the molecule is O=C(NC1CCN(c2ccccn2)C1)c1cnc(C(F)(F)F)nc1. The van der Waals surface area contributed by atoms with E-state index in [1.54, 1.807) is 6.20 Å². The molecule has 0 spiro atoms. The molecule has 1 aliphatic rings. The summed E-state index contributed by atoms with van der Waals surface area (Å²) >= 11 is 0. The molecule has 0 radical (unpaired) electrons. The van der Waals surface area contributed by atoms with Gasteiger partial charge in [-0.3, -0.25) is 4.79 Å². The van der Waals surface area contributed by atoms with Crippen LogP contribution in [0.3, 0.4) is 0 Å². The Kier molecular flexibility index (Phi) is 4.32. The van der Waals surface area contributed by atoms with Crippen molar-refractivity contribution in [1.82, 2.24) is 20.3 Å². The number of rotatable bonds is 3. The second-order valence-electron chi connectivity index (χ2n) is 5.39. The summed E-state index contributed by atoms with van der Waals surface area (Å²) in [5.41, 5.74) is -0.000661. The molecule has 3 heterocycles. The molecular formula is C15H14F3N5O. The van der Waals surface area contributed by atoms with E-state index in [1.165, 1.54) is 0 Å². The van der Waals surface area contributed by atoms with Gasteiger partial charge in [-0.25, -0.2) is 15.0 Å². The molecule has 9 heteroatoms. The standard InChI is InChI=1S/C15H14F3N5O/c16-15(17,18)14-20-7-10(8-21-14)13(24)22-11-4-6-23(9-11)12-3-1-2-5-19-12/h1-3,5,7-8,11H,4,6,9H2,(H,22,24). The average molecular weight is 337 g/mol. The molecule has 1 atom stereocenters. The number of anilines is 1. The van der Waals surface area contributed by atoms with E-state index in [1.807, 2.05) is 23.1 Å². The number of alkyl halides is 3. The summed E-state index contributed by atoms with van der Waals surface area (Å²) < 4.78 is 37.2. The van der Waals surface area contributed by atoms with E-state index < -0.39 is 17.9 Å². The predicted octanol–water partition coefficient (Wildman–Crippen LogP) is 1.90. The third kappa shape index (κ3) is 3.61. The Morgan fingerprint density at radius 2 is 1.96 bits per heavy atom. The zero-order chi connectivity index (χ0) is 17.2. The fourth-order valence-electron chi connectivity index (χ4n) is 2.49. The lowest BCUT2D eigenvalue weighted by atomic mass is 10.2. The Bertz CT molecular complexity index is 705. The van der Waals surface area contributed by atoms with Crippen molar-refractivity contribution < 1.29 is 18.0 Å². The maximum atomic E-state index is 12.4. The van der Waals surface area contributed by atoms with Crippen LogP contribution in [0.1, 0.15) is 22.6 Å². The van der Waals surface area contributed by atoms with Crippen molar-refractivity contribution in [2.45, 2.75) is 18.6 Å². The lowest BCUT2D eigenvalue weighted by molar-refractivity contribution is -0.145. The zero-order valence-corrected chi connectivity index (χ0v) is 12.5. The van der Waals surface area contributed by atoms with Gasteiger partial charge in [-0.15, -0.1) is 0 Å². The van der Waals surface area contributed by atoms with Crippen LogP contribution in [0.15, 0.2) is 36.8 Å². The lowest BCUT2D eigenvalue weighted by Gasteiger charge is -2.17. The Hall–Kier alpha value is -2.71. The second kappa shape index (κ2) is 6.42. The van der Waals surface area contributed by atoms with Gasteiger partial charge in [0.15, 0.2) is 0 Å². The van der Waals surface area contributed by atoms with E-state index in [0.717, 1.165) is 31.2 Å². The summed E-state index contributed by atoms with van der Waals surface area (Å²) in [6, 6.07) is 5.48. The molecule has 0 aliphatic carbocycles. The van der Waals surface area contributed by atoms with E-state index in [2.05, 4.69) is 20.3 Å². The summed E-state index contributed by atoms with van der Waals surface area (Å²) in [5.74, 6) is -0.926. The highest BCUT2D eigenvalue weighted by atomic mass is 19.4. The minimum absolute atomic E-state index is 0.000661. The molecule has 126 valence electrons. The first-order chi connectivity index (χ1) is 11.4. The van der Waals surface area contributed by atoms with Gasteiger partial charge in [0.1, 0.15) is 5.82 Å². The summed E-state index contributed by atoms with van der Waals surface area (Å²) in [6.45, 7) is 1.33. The molecule has 0 saturated carbocycles. The van der Waals surface area contributed by atoms with E-state index in [0.29, 0.717) is 6.54 Å². The first-order valence-electron chi connectivity index (χ1n) is 7.29. The van der Waals surface area contributed by atoms with Gasteiger partial charge in [-0.1, -0.05) is 6.07 Å². The molecule has 0 aromatic carbocycles. The van der Waals surface area contributed by atoms with Crippen LogP contribution in [0.5, 0.6) is 0 Å². The third-order valence-electron chi connectivity index (χ3n) is 3.66. The van der Waals surface area contributed by atoms with Crippen molar-refractivity contribution in [2.75, 3.05) is 18.0 Å². The molecule has 3 rings (SSSR count). The molecule has 0 bridgehead atoms. The summed E-state index contributed by atoms with van der Waals surface area (Å²) in [4.78, 5) is 24.8. The number of aromatic nitrogens is 3. The molecule has 1 fully saturated rings. The Labute approximate surface area is 135 Å². The number of nitrogens with zero attached hydrogens (tertiary/aromatic N) is 4. The molecule has 6 nitrogen and oxygen atoms in total. The smallest absolute Gasteiger partial charge is 0.354 e. The molecule has 1 aliphatic heterocycles. The van der Waals surface area contributed by atoms with E-state index in [9.17, 15) is 18.0 Å². The first kappa shape index (κ1) is 16.2. The molecule has 2 aromatic rings. The second-order valence-corrected chi connectivity index (χ2v) is 5.39. The van der Waals surface area contributed by atoms with Crippen molar-refractivity contribution in [3.63, 3.8) is 0 Å². The third-order valence-corrected chi connectivity index (χ3v) is 3.66. The highest BCUT2D eigenvalue weighted by Crippen LogP contribution is 2.25. The molecule has 1 saturated heterocycles. The Morgan fingerprint density at radius 3 is 2.58 bits per heavy atom. The number of carbonyl (C=O) groups excluding carboxylic acids is 1. The van der Waals surface area contributed by atoms with Gasteiger partial charge in [0.05, 0.1) is 5.56 Å². The van der Waals surface area contributed by atoms with Crippen LogP contribution in [0, 0.1) is 0 Å². The van der Waals surface area contributed by atoms with Crippen LogP contribution in [-0.2, 0) is 6.18 Å². The number of amides is 1. The van der Waals surface area contributed by atoms with Crippen molar-refractivity contribution in [1.29, 1.82) is 0 Å². The van der Waals surface area contributed by atoms with Crippen LogP contribution >= 0.6 is 0 Å². The Morgan fingerprint density at radius 1 is 1.21 bits per heavy atom. The van der Waals surface area contributed by atoms with Gasteiger partial charge in [-0.2, -0.15) is 13.2 Å². The van der Waals surface area contributed by atoms with Gasteiger partial charge < -0.3 is 10.2 Å². The topological polar surface area (TPSA) is 71.0 Å². The Balaban J connectivity index is 1.60. The van der Waals surface area contributed by atoms with Gasteiger partial charge in [0.2, 0.25) is 5.82 Å². The van der Waals surface area contributed by atoms with Crippen LogP contribution in [0.2, 0.25) is 0 Å². The van der Waals surface area contributed by atoms with Crippen molar-refractivity contribution in [3.8, 4) is 0 Å². The highest BCUT2D eigenvalue weighted by molar-refractivity contribution is 5.93. The highest BCUT2D eigenvalue weighted by Gasteiger charge is 2.34. The number of halogens is 3. The maximum Gasteiger partial charge on any atom is 0.451 e. The maximum absolute atomic E-state index is 12.4. The summed E-state index contributed by atoms with van der Waals surface area (Å²) in [7, 11) is 0. The van der Waals surface area contributed by atoms with E-state index >= 15 is 0 Å². The van der Waals surface area contributed by atoms with Gasteiger partial charge in [0.25, 0.3) is 5.91 Å². The normalized spacial score (nSPS) is 17.8. The number of pyridine rings is 1. The van der Waals surface area contributed by atoms with E-state index in [4.69, 9.17) is 0 Å². The number of carbonyl (C=O) groups is 1. The summed E-state index contributed by atoms with van der Waals surface area (Å²) in [6.07, 6.45) is -0.429. The minimum Gasteiger partial charge on any atom is -0.354 e. The van der Waals surface area contributed by atoms with Crippen LogP contribution in [0.4, 0.5) is 19.0 Å². The van der Waals surface area contributed by atoms with E-state index in [-0.39, 0.29) is 11.6 Å². The quantitative estimate of drug-likeness (QED) is 0.926. The van der Waals surface area contributed by atoms with Crippen molar-refractivity contribution in [2.24, 2.45) is 0 Å². The van der Waals surface area contributed by atoms with Crippen molar-refractivity contribution >= 4 is 11.7 Å². The summed E-state index contributed by atoms with van der Waals surface area (Å²) in [5, 5.41) is 2.78. The fraction of sp³-hybridized carbons (Fsp3) is 0.333. The monoisotopic (exact) mass is 337 g/mol. The molecular weight excluding hydrogens is 323 g/mol. The molecule has 1 unspecified atom stereocenters. The molecule has 2 aromatic heterocycles. The average Bonchev–Trinajstić information content (AvgIpc) is 3.03. The van der Waals surface area contributed by atoms with Crippen LogP contribution in [-0.4, -0.2) is 40.0 Å². The van der Waals surface area contributed by atoms with Crippen molar-refractivity contribution in [3.05, 3.63) is 48.2 Å². The number of hydrogen-bond donors (Lipinski definition) is 1.